The van der Waals surface area contributed by atoms with Gasteiger partial charge in [-0.25, -0.2) is 4.39 Å². The summed E-state index contributed by atoms with van der Waals surface area (Å²) < 4.78 is 18.8. The SMILES string of the molecule is FC1(C2=CCCCO2)CNC1. The molecule has 1 saturated heterocycles. The molecule has 2 aliphatic heterocycles. The molecule has 0 atom stereocenters. The van der Waals surface area contributed by atoms with Crippen LogP contribution in [0, 0.1) is 0 Å². The van der Waals surface area contributed by atoms with Gasteiger partial charge in [0.1, 0.15) is 5.76 Å². The molecule has 62 valence electrons. The molecule has 11 heavy (non-hydrogen) atoms. The first-order chi connectivity index (χ1) is 5.31. The zero-order chi connectivity index (χ0) is 7.73. The van der Waals surface area contributed by atoms with Gasteiger partial charge in [-0.15, -0.1) is 0 Å². The van der Waals surface area contributed by atoms with Crippen LogP contribution in [0.25, 0.3) is 0 Å². The van der Waals surface area contributed by atoms with Crippen molar-refractivity contribution in [3.05, 3.63) is 11.8 Å². The van der Waals surface area contributed by atoms with Crippen molar-refractivity contribution in [2.75, 3.05) is 19.7 Å². The molecule has 0 amide bonds. The lowest BCUT2D eigenvalue weighted by molar-refractivity contribution is 0.0373. The molecule has 0 bridgehead atoms. The van der Waals surface area contributed by atoms with Gasteiger partial charge in [0.2, 0.25) is 0 Å². The van der Waals surface area contributed by atoms with E-state index in [-0.39, 0.29) is 0 Å². The van der Waals surface area contributed by atoms with E-state index in [4.69, 9.17) is 4.74 Å². The van der Waals surface area contributed by atoms with E-state index in [0.717, 1.165) is 12.8 Å². The average molecular weight is 157 g/mol. The molecule has 2 heterocycles. The number of halogens is 1. The van der Waals surface area contributed by atoms with Crippen molar-refractivity contribution in [2.24, 2.45) is 0 Å². The van der Waals surface area contributed by atoms with Gasteiger partial charge in [-0.1, -0.05) is 0 Å². The summed E-state index contributed by atoms with van der Waals surface area (Å²) in [5.74, 6) is 0.558. The first-order valence-corrected chi connectivity index (χ1v) is 4.04. The van der Waals surface area contributed by atoms with Gasteiger partial charge in [0.15, 0.2) is 5.67 Å². The number of allylic oxidation sites excluding steroid dienone is 1. The fourth-order valence-electron chi connectivity index (χ4n) is 1.39. The van der Waals surface area contributed by atoms with Gasteiger partial charge in [0, 0.05) is 13.1 Å². The third-order valence-electron chi connectivity index (χ3n) is 2.19. The van der Waals surface area contributed by atoms with E-state index < -0.39 is 5.67 Å². The van der Waals surface area contributed by atoms with Gasteiger partial charge in [-0.3, -0.25) is 0 Å². The van der Waals surface area contributed by atoms with Crippen LogP contribution in [0.3, 0.4) is 0 Å². The van der Waals surface area contributed by atoms with Gasteiger partial charge < -0.3 is 10.1 Å². The van der Waals surface area contributed by atoms with E-state index >= 15 is 0 Å². The minimum absolute atomic E-state index is 0.416. The van der Waals surface area contributed by atoms with E-state index in [9.17, 15) is 4.39 Å². The van der Waals surface area contributed by atoms with Crippen molar-refractivity contribution in [2.45, 2.75) is 18.5 Å². The van der Waals surface area contributed by atoms with E-state index in [1.165, 1.54) is 0 Å². The normalized spacial score (nSPS) is 28.3. The van der Waals surface area contributed by atoms with E-state index in [2.05, 4.69) is 5.32 Å². The number of hydrogen-bond acceptors (Lipinski definition) is 2. The minimum atomic E-state index is -1.18. The van der Waals surface area contributed by atoms with Gasteiger partial charge in [-0.05, 0) is 18.9 Å². The summed E-state index contributed by atoms with van der Waals surface area (Å²) in [5, 5.41) is 2.90. The van der Waals surface area contributed by atoms with Gasteiger partial charge in [0.05, 0.1) is 6.61 Å². The van der Waals surface area contributed by atoms with Crippen molar-refractivity contribution >= 4 is 0 Å². The summed E-state index contributed by atoms with van der Waals surface area (Å²) in [6.45, 7) is 1.51. The van der Waals surface area contributed by atoms with Crippen LogP contribution < -0.4 is 5.32 Å². The number of hydrogen-bond donors (Lipinski definition) is 1. The molecule has 0 unspecified atom stereocenters. The van der Waals surface area contributed by atoms with Crippen LogP contribution in [0.4, 0.5) is 4.39 Å². The molecule has 3 heteroatoms. The standard InChI is InChI=1S/C8H12FNO/c9-8(5-10-6-8)7-3-1-2-4-11-7/h3,10H,1-2,4-6H2. The Labute approximate surface area is 65.4 Å². The lowest BCUT2D eigenvalue weighted by Gasteiger charge is -2.37. The third-order valence-corrected chi connectivity index (χ3v) is 2.19. The molecule has 2 rings (SSSR count). The van der Waals surface area contributed by atoms with Crippen molar-refractivity contribution in [3.63, 3.8) is 0 Å². The van der Waals surface area contributed by atoms with Gasteiger partial charge in [0.25, 0.3) is 0 Å². The molecule has 0 saturated carbocycles. The van der Waals surface area contributed by atoms with Crippen LogP contribution in [0.5, 0.6) is 0 Å². The van der Waals surface area contributed by atoms with Crippen LogP contribution >= 0.6 is 0 Å². The Bertz CT molecular complexity index is 187. The molecular formula is C8H12FNO. The second-order valence-electron chi connectivity index (χ2n) is 3.13. The summed E-state index contributed by atoms with van der Waals surface area (Å²) in [5.41, 5.74) is -1.18. The second kappa shape index (κ2) is 2.48. The Morgan fingerprint density at radius 3 is 2.82 bits per heavy atom. The van der Waals surface area contributed by atoms with Crippen molar-refractivity contribution < 1.29 is 9.13 Å². The summed E-state index contributed by atoms with van der Waals surface area (Å²) in [6, 6.07) is 0. The Balaban J connectivity index is 2.07. The van der Waals surface area contributed by atoms with Crippen LogP contribution in [-0.4, -0.2) is 25.4 Å². The molecule has 0 aliphatic carbocycles. The smallest absolute Gasteiger partial charge is 0.191 e. The summed E-state index contributed by atoms with van der Waals surface area (Å²) in [4.78, 5) is 0. The maximum atomic E-state index is 13.5. The molecule has 0 spiro atoms. The fourth-order valence-corrected chi connectivity index (χ4v) is 1.39. The molecule has 0 aromatic carbocycles. The average Bonchev–Trinajstić information content (AvgIpc) is 2.02. The Hall–Kier alpha value is -0.570. The van der Waals surface area contributed by atoms with Gasteiger partial charge in [-0.2, -0.15) is 0 Å². The highest BCUT2D eigenvalue weighted by Crippen LogP contribution is 2.29. The third kappa shape index (κ3) is 1.13. The molecule has 0 aromatic rings. The Morgan fingerprint density at radius 2 is 2.36 bits per heavy atom. The van der Waals surface area contributed by atoms with Crippen molar-refractivity contribution in [1.29, 1.82) is 0 Å². The topological polar surface area (TPSA) is 21.3 Å². The lowest BCUT2D eigenvalue weighted by Crippen LogP contribution is -2.58. The Kier molecular flexibility index (Phi) is 1.60. The van der Waals surface area contributed by atoms with Crippen molar-refractivity contribution in [3.8, 4) is 0 Å². The fraction of sp³-hybridized carbons (Fsp3) is 0.750. The second-order valence-corrected chi connectivity index (χ2v) is 3.13. The van der Waals surface area contributed by atoms with Crippen LogP contribution in [-0.2, 0) is 4.74 Å². The maximum Gasteiger partial charge on any atom is 0.191 e. The molecule has 1 N–H and O–H groups in total. The molecule has 1 fully saturated rings. The summed E-state index contributed by atoms with van der Waals surface area (Å²) in [7, 11) is 0. The zero-order valence-electron chi connectivity index (χ0n) is 6.40. The molecule has 0 radical (unpaired) electrons. The van der Waals surface area contributed by atoms with Crippen molar-refractivity contribution in [1.82, 2.24) is 5.32 Å². The highest BCUT2D eigenvalue weighted by molar-refractivity contribution is 5.18. The molecule has 2 aliphatic rings. The van der Waals surface area contributed by atoms with Gasteiger partial charge >= 0.3 is 0 Å². The molecular weight excluding hydrogens is 145 g/mol. The lowest BCUT2D eigenvalue weighted by atomic mass is 9.95. The molecule has 0 aromatic heterocycles. The molecule has 2 nitrogen and oxygen atoms in total. The quantitative estimate of drug-likeness (QED) is 0.613. The minimum Gasteiger partial charge on any atom is -0.495 e. The first kappa shape index (κ1) is 7.10. The predicted octanol–water partition coefficient (Wildman–Crippen LogP) is 0.992. The highest BCUT2D eigenvalue weighted by Gasteiger charge is 2.42. The maximum absolute atomic E-state index is 13.5. The zero-order valence-corrected chi connectivity index (χ0v) is 6.40. The number of rotatable bonds is 1. The highest BCUT2D eigenvalue weighted by atomic mass is 19.1. The number of ether oxygens (including phenoxy) is 1. The Morgan fingerprint density at radius 1 is 1.55 bits per heavy atom. The largest absolute Gasteiger partial charge is 0.495 e. The number of alkyl halides is 1. The predicted molar refractivity (Wildman–Crippen MR) is 40.0 cm³/mol. The number of nitrogens with one attached hydrogen (secondary N) is 1. The van der Waals surface area contributed by atoms with Crippen LogP contribution in [0.1, 0.15) is 12.8 Å². The van der Waals surface area contributed by atoms with Crippen LogP contribution in [0.15, 0.2) is 11.8 Å². The van der Waals surface area contributed by atoms with E-state index in [1.807, 2.05) is 6.08 Å². The monoisotopic (exact) mass is 157 g/mol. The van der Waals surface area contributed by atoms with E-state index in [1.54, 1.807) is 0 Å². The van der Waals surface area contributed by atoms with Crippen LogP contribution in [0.2, 0.25) is 0 Å². The van der Waals surface area contributed by atoms with E-state index in [0.29, 0.717) is 25.5 Å². The summed E-state index contributed by atoms with van der Waals surface area (Å²) in [6.07, 6.45) is 3.86. The first-order valence-electron chi connectivity index (χ1n) is 4.04. The summed E-state index contributed by atoms with van der Waals surface area (Å²) >= 11 is 0.